The zero-order valence-corrected chi connectivity index (χ0v) is 56.3. The van der Waals surface area contributed by atoms with Crippen molar-refractivity contribution in [2.45, 2.75) is 104 Å². The zero-order valence-electron chi connectivity index (χ0n) is 52.6. The largest absolute Gasteiger partial charge is 2.00 e. The Hall–Kier alpha value is -9.56. The van der Waals surface area contributed by atoms with E-state index in [0.29, 0.717) is 52.4 Å². The summed E-state index contributed by atoms with van der Waals surface area (Å²) in [6, 6.07) is 29.7. The molecule has 8 rings (SSSR count). The van der Waals surface area contributed by atoms with Gasteiger partial charge in [-0.05, 0) is 48.5 Å². The van der Waals surface area contributed by atoms with Crippen LogP contribution in [0.2, 0.25) is 0 Å². The van der Waals surface area contributed by atoms with Gasteiger partial charge in [0.25, 0.3) is 0 Å². The normalized spacial score (nSPS) is 8.47. The molecule has 50 heteroatoms. The van der Waals surface area contributed by atoms with Gasteiger partial charge in [0.05, 0.1) is 62.5 Å². The van der Waals surface area contributed by atoms with Crippen LogP contribution in [0, 0.1) is 30.6 Å². The molecule has 4 aromatic heterocycles. The summed E-state index contributed by atoms with van der Waals surface area (Å²) in [5, 5.41) is 114. The van der Waals surface area contributed by atoms with E-state index >= 15 is 0 Å². The van der Waals surface area contributed by atoms with E-state index in [2.05, 4.69) is 0 Å². The standard InChI is InChI=1S/4C13H14N2O4.4Cu.2NO3.14H2O/c4*16-12(17)5-7-14-9-15(8-6-13(18)19)11-4-2-1-3-10(11)14;;;;;2*2-1(3)4;;;;;;;;;;;;;;/h4*1-4,9H,5-8H2,(H-,16,17,18,19);;;;;;;14*1H2/q;;;;4*+2;2*-1;;;;;;;;;;;;;;/p-4. The Labute approximate surface area is 616 Å². The van der Waals surface area contributed by atoms with Crippen molar-refractivity contribution < 1.29 is 253 Å². The van der Waals surface area contributed by atoms with Crippen LogP contribution in [0.15, 0.2) is 122 Å². The van der Waals surface area contributed by atoms with Crippen molar-refractivity contribution in [1.82, 2.24) is 18.3 Å². The first-order valence-electron chi connectivity index (χ1n) is 24.9. The average Bonchev–Trinajstić information content (AvgIpc) is 1.69. The minimum Gasteiger partial charge on any atom is -0.870 e. The molecule has 0 aliphatic heterocycles. The van der Waals surface area contributed by atoms with Gasteiger partial charge in [-0.3, -0.25) is 0 Å². The molecule has 28 N–H and O–H groups in total. The summed E-state index contributed by atoms with van der Waals surface area (Å²) >= 11 is 0. The summed E-state index contributed by atoms with van der Waals surface area (Å²) in [4.78, 5) is 101. The summed E-state index contributed by atoms with van der Waals surface area (Å²) in [6.45, 7) is 2.34. The Morgan fingerprint density at radius 1 is 0.284 bits per heavy atom. The number of hydrogen-bond donors (Lipinski definition) is 0. The van der Waals surface area contributed by atoms with Crippen LogP contribution in [0.1, 0.15) is 51.4 Å². The third-order valence-electron chi connectivity index (χ3n) is 11.6. The maximum absolute atomic E-state index is 10.5. The summed E-state index contributed by atoms with van der Waals surface area (Å²) in [6.07, 6.45) is 6.20. The number of carbonyl (C=O) groups excluding carboxylic acids is 8. The topological polar surface area (TPSA) is 930 Å². The van der Waals surface area contributed by atoms with Crippen molar-refractivity contribution in [1.29, 1.82) is 0 Å². The van der Waals surface area contributed by atoms with E-state index in [9.17, 15) is 79.2 Å². The number of aliphatic carboxylic acids is 8. The van der Waals surface area contributed by atoms with Crippen LogP contribution in [0.4, 0.5) is 0 Å². The maximum atomic E-state index is 10.5. The van der Waals surface area contributed by atoms with Gasteiger partial charge in [0.2, 0.25) is 25.3 Å². The molecule has 4 radical (unpaired) electrons. The number of aromatic nitrogens is 8. The molecule has 0 bridgehead atoms. The first-order valence-corrected chi connectivity index (χ1v) is 24.9. The fourth-order valence-corrected chi connectivity index (χ4v) is 8.09. The van der Waals surface area contributed by atoms with Crippen LogP contribution in [0.5, 0.6) is 0 Å². The SMILES string of the molecule is O.O.O.O.O.O.O.O.O.O.O=C([O-])CCn1c[n+](CCC(=O)[O-])c2ccccc21.O=C([O-])CCn1c[n+](CCC(=O)[O-])c2ccccc21.O=C([O-])CCn1c[n+](CCC(=O)[O-])c2ccccc21.O=C([O-])CCn1c[n+](CCC(=O)[O-])c2ccccc21.O=[N+]([O-])[O-].O=[N+]([O-])[O-].[Cu+2].[Cu+2].[Cu+2].[Cu+2].[OH-].[OH-].[OH3+].[OH3+]. The number of hydrogen-bond acceptors (Lipinski definition) is 24. The van der Waals surface area contributed by atoms with Crippen molar-refractivity contribution in [2.75, 3.05) is 0 Å². The second-order valence-corrected chi connectivity index (χ2v) is 17.4. The molecule has 0 aliphatic carbocycles. The smallest absolute Gasteiger partial charge is 0.870 e. The van der Waals surface area contributed by atoms with Gasteiger partial charge in [-0.1, -0.05) is 48.5 Å². The van der Waals surface area contributed by atoms with Gasteiger partial charge in [0, 0.05) is 99.1 Å². The molecule has 0 fully saturated rings. The molecule has 8 aromatic rings. The Kier molecular flexibility index (Phi) is 88.9. The zero-order chi connectivity index (χ0) is 62.5. The molecule has 0 saturated carbocycles. The molecule has 0 amide bonds. The van der Waals surface area contributed by atoms with Crippen LogP contribution in [-0.2, 0) is 170 Å². The predicted molar refractivity (Wildman–Crippen MR) is 316 cm³/mol. The molecule has 4 heterocycles. The number of para-hydroxylation sites is 8. The molecule has 596 valence electrons. The van der Waals surface area contributed by atoms with E-state index in [0.717, 1.165) is 44.1 Å². The minimum atomic E-state index is -1.75. The van der Waals surface area contributed by atoms with E-state index in [1.54, 1.807) is 61.8 Å². The van der Waals surface area contributed by atoms with E-state index in [1.165, 1.54) is 0 Å². The minimum absolute atomic E-state index is 0. The van der Waals surface area contributed by atoms with E-state index in [4.69, 9.17) is 30.6 Å². The number of carboxylic acids is 8. The van der Waals surface area contributed by atoms with Crippen LogP contribution in [0.25, 0.3) is 44.1 Å². The van der Waals surface area contributed by atoms with Crippen molar-refractivity contribution in [3.05, 3.63) is 153 Å². The Bertz CT molecular complexity index is 2970. The first-order chi connectivity index (χ1) is 39.8. The van der Waals surface area contributed by atoms with E-state index in [1.807, 2.05) is 97.1 Å². The van der Waals surface area contributed by atoms with Crippen LogP contribution in [0.3, 0.4) is 0 Å². The van der Waals surface area contributed by atoms with E-state index < -0.39 is 57.9 Å². The summed E-state index contributed by atoms with van der Waals surface area (Å²) in [5.74, 6) is -8.90. The fraction of sp³-hybridized carbons (Fsp3) is 0.308. The Morgan fingerprint density at radius 2 is 0.412 bits per heavy atom. The van der Waals surface area contributed by atoms with Gasteiger partial charge < -0.3 is 187 Å². The molecule has 0 atom stereocenters. The Balaban J connectivity index is -0.0000000630. The fourth-order valence-electron chi connectivity index (χ4n) is 8.09. The summed E-state index contributed by atoms with van der Waals surface area (Å²) in [7, 11) is 0. The van der Waals surface area contributed by atoms with Crippen LogP contribution in [-0.4, -0.2) is 142 Å². The van der Waals surface area contributed by atoms with Crippen molar-refractivity contribution in [3.63, 3.8) is 0 Å². The summed E-state index contributed by atoms with van der Waals surface area (Å²) < 4.78 is 14.2. The Morgan fingerprint density at radius 3 is 0.539 bits per heavy atom. The number of benzene rings is 4. The average molecular weight is 1680 g/mol. The van der Waals surface area contributed by atoms with Crippen molar-refractivity contribution in [2.24, 2.45) is 0 Å². The molecule has 0 spiro atoms. The van der Waals surface area contributed by atoms with Crippen molar-refractivity contribution >= 4 is 91.9 Å². The monoisotopic (exact) mass is 1670 g/mol. The number of carbonyl (C=O) groups is 8. The number of rotatable bonds is 24. The molecule has 0 aliphatic rings. The van der Waals surface area contributed by atoms with Gasteiger partial charge in [-0.25, -0.2) is 36.5 Å². The number of imidazole rings is 4. The maximum Gasteiger partial charge on any atom is 2.00 e. The van der Waals surface area contributed by atoms with Crippen LogP contribution < -0.4 is 59.1 Å². The molecule has 46 nitrogen and oxygen atoms in total. The third-order valence-corrected chi connectivity index (χ3v) is 11.6. The number of aryl methyl sites for hydroxylation is 8. The quantitative estimate of drug-likeness (QED) is 0.0178. The molecule has 0 unspecified atom stereocenters. The van der Waals surface area contributed by atoms with Gasteiger partial charge >= 0.3 is 68.3 Å². The van der Waals surface area contributed by atoms with Crippen molar-refractivity contribution in [3.8, 4) is 0 Å². The molecular formula is C52H80Cu4N10O36+2. The number of carboxylic acid groups (broad SMARTS) is 8. The number of nitrogens with zero attached hydrogens (tertiary/aromatic N) is 10. The molecule has 102 heavy (non-hydrogen) atoms. The predicted octanol–water partition coefficient (Wildman–Crippen LogP) is -18.1. The second-order valence-electron chi connectivity index (χ2n) is 17.4. The molecule has 4 aromatic carbocycles. The molecular weight excluding hydrogens is 1590 g/mol. The summed E-state index contributed by atoms with van der Waals surface area (Å²) in [5.41, 5.74) is 6.90. The van der Waals surface area contributed by atoms with Gasteiger partial charge in [-0.15, -0.1) is 0 Å². The number of fused-ring (bicyclic) bond motifs is 4. The first kappa shape index (κ1) is 132. The van der Waals surface area contributed by atoms with Crippen LogP contribution >= 0.6 is 0 Å². The third kappa shape index (κ3) is 48.3. The van der Waals surface area contributed by atoms with Gasteiger partial charge in [0.1, 0.15) is 0 Å². The van der Waals surface area contributed by atoms with Gasteiger partial charge in [-0.2, -0.15) is 0 Å². The molecule has 0 saturated heterocycles. The second kappa shape index (κ2) is 68.6. The van der Waals surface area contributed by atoms with Gasteiger partial charge in [0.15, 0.2) is 44.1 Å². The van der Waals surface area contributed by atoms with E-state index in [-0.39, 0.29) is 196 Å².